The topological polar surface area (TPSA) is 100 Å². The third-order valence-electron chi connectivity index (χ3n) is 3.65. The number of nitrogens with zero attached hydrogens (tertiary/aromatic N) is 3. The molecule has 0 aliphatic rings. The largest absolute Gasteiger partial charge is 0.449 e. The van der Waals surface area contributed by atoms with Crippen LogP contribution in [0.25, 0.3) is 21.6 Å². The Kier molecular flexibility index (Phi) is 4.06. The summed E-state index contributed by atoms with van der Waals surface area (Å²) in [5, 5.41) is 6.87. The summed E-state index contributed by atoms with van der Waals surface area (Å²) in [4.78, 5) is 29.3. The van der Waals surface area contributed by atoms with E-state index in [1.54, 1.807) is 24.7 Å². The van der Waals surface area contributed by atoms with Gasteiger partial charge in [0.2, 0.25) is 0 Å². The molecule has 0 unspecified atom stereocenters. The van der Waals surface area contributed by atoms with Gasteiger partial charge in [-0.25, -0.2) is 9.78 Å². The number of pyridine rings is 1. The molecular formula is C16H16N4O3S. The molecule has 3 rings (SSSR count). The zero-order chi connectivity index (χ0) is 17.4. The molecule has 3 heterocycles. The number of hydrogen-bond donors (Lipinski definition) is 1. The summed E-state index contributed by atoms with van der Waals surface area (Å²) in [5.41, 5.74) is 7.39. The van der Waals surface area contributed by atoms with E-state index in [1.807, 2.05) is 17.5 Å². The SMILES string of the molecule is Cc1nn(C)c2nc(-c3cccs3)cc(C(=O)O[C@H](C)C(N)=O)c12. The lowest BCUT2D eigenvalue weighted by Gasteiger charge is -2.11. The van der Waals surface area contributed by atoms with E-state index in [1.165, 1.54) is 18.3 Å². The van der Waals surface area contributed by atoms with Gasteiger partial charge in [-0.15, -0.1) is 11.3 Å². The van der Waals surface area contributed by atoms with Crippen molar-refractivity contribution in [3.8, 4) is 10.6 Å². The fourth-order valence-electron chi connectivity index (χ4n) is 2.44. The number of carbonyl (C=O) groups is 2. The summed E-state index contributed by atoms with van der Waals surface area (Å²) in [7, 11) is 1.77. The van der Waals surface area contributed by atoms with E-state index in [2.05, 4.69) is 10.1 Å². The van der Waals surface area contributed by atoms with Gasteiger partial charge in [0.05, 0.1) is 27.2 Å². The highest BCUT2D eigenvalue weighted by Gasteiger charge is 2.23. The summed E-state index contributed by atoms with van der Waals surface area (Å²) in [5.74, 6) is -1.32. The second kappa shape index (κ2) is 6.04. The van der Waals surface area contributed by atoms with Gasteiger partial charge in [-0.2, -0.15) is 5.10 Å². The fourth-order valence-corrected chi connectivity index (χ4v) is 3.12. The zero-order valence-electron chi connectivity index (χ0n) is 13.4. The predicted molar refractivity (Wildman–Crippen MR) is 90.6 cm³/mol. The highest BCUT2D eigenvalue weighted by atomic mass is 32.1. The highest BCUT2D eigenvalue weighted by Crippen LogP contribution is 2.29. The normalized spacial score (nSPS) is 12.3. The first-order chi connectivity index (χ1) is 11.4. The number of esters is 1. The van der Waals surface area contributed by atoms with Gasteiger partial charge in [0.15, 0.2) is 11.8 Å². The molecule has 24 heavy (non-hydrogen) atoms. The van der Waals surface area contributed by atoms with Gasteiger partial charge in [0, 0.05) is 7.05 Å². The van der Waals surface area contributed by atoms with E-state index in [0.29, 0.717) is 28.0 Å². The van der Waals surface area contributed by atoms with Crippen LogP contribution in [0, 0.1) is 6.92 Å². The first kappa shape index (κ1) is 16.1. The molecule has 0 saturated carbocycles. The van der Waals surface area contributed by atoms with Crippen molar-refractivity contribution in [3.63, 3.8) is 0 Å². The standard InChI is InChI=1S/C16H16N4O3S/c1-8-13-10(16(22)23-9(2)14(17)21)7-11(12-5-4-6-24-12)18-15(13)20(3)19-8/h4-7,9H,1-3H3,(H2,17,21)/t9-/m1/s1. The number of amides is 1. The molecule has 124 valence electrons. The first-order valence-corrected chi connectivity index (χ1v) is 8.15. The minimum absolute atomic E-state index is 0.321. The smallest absolute Gasteiger partial charge is 0.339 e. The van der Waals surface area contributed by atoms with Crippen LogP contribution in [-0.4, -0.2) is 32.7 Å². The fraction of sp³-hybridized carbons (Fsp3) is 0.250. The quantitative estimate of drug-likeness (QED) is 0.730. The molecule has 8 heteroatoms. The van der Waals surface area contributed by atoms with Crippen molar-refractivity contribution in [3.05, 3.63) is 34.8 Å². The molecule has 0 aliphatic carbocycles. The van der Waals surface area contributed by atoms with E-state index in [9.17, 15) is 9.59 Å². The van der Waals surface area contributed by atoms with E-state index < -0.39 is 18.0 Å². The molecule has 0 spiro atoms. The Bertz CT molecular complexity index is 931. The third kappa shape index (κ3) is 2.76. The number of aromatic nitrogens is 3. The van der Waals surface area contributed by atoms with Crippen LogP contribution >= 0.6 is 11.3 Å². The second-order valence-electron chi connectivity index (χ2n) is 5.39. The van der Waals surface area contributed by atoms with Crippen LogP contribution in [0.1, 0.15) is 23.0 Å². The van der Waals surface area contributed by atoms with Crippen molar-refractivity contribution in [1.82, 2.24) is 14.8 Å². The Morgan fingerprint density at radius 1 is 1.42 bits per heavy atom. The third-order valence-corrected chi connectivity index (χ3v) is 4.54. The van der Waals surface area contributed by atoms with Crippen LogP contribution in [-0.2, 0) is 16.6 Å². The number of primary amides is 1. The van der Waals surface area contributed by atoms with E-state index in [0.717, 1.165) is 4.88 Å². The highest BCUT2D eigenvalue weighted by molar-refractivity contribution is 7.13. The molecule has 2 N–H and O–H groups in total. The maximum atomic E-state index is 12.6. The average molecular weight is 344 g/mol. The van der Waals surface area contributed by atoms with Crippen molar-refractivity contribution in [1.29, 1.82) is 0 Å². The molecule has 0 aromatic carbocycles. The number of nitrogens with two attached hydrogens (primary N) is 1. The zero-order valence-corrected chi connectivity index (χ0v) is 14.3. The summed E-state index contributed by atoms with van der Waals surface area (Å²) in [6, 6.07) is 5.50. The van der Waals surface area contributed by atoms with Crippen molar-refractivity contribution in [2.24, 2.45) is 12.8 Å². The molecule has 1 amide bonds. The number of rotatable bonds is 4. The lowest BCUT2D eigenvalue weighted by Crippen LogP contribution is -2.30. The van der Waals surface area contributed by atoms with E-state index in [4.69, 9.17) is 10.5 Å². The Morgan fingerprint density at radius 2 is 2.17 bits per heavy atom. The van der Waals surface area contributed by atoms with Crippen molar-refractivity contribution in [2.75, 3.05) is 0 Å². The van der Waals surface area contributed by atoms with Crippen molar-refractivity contribution in [2.45, 2.75) is 20.0 Å². The Labute approximate surface area is 142 Å². The van der Waals surface area contributed by atoms with Crippen molar-refractivity contribution < 1.29 is 14.3 Å². The second-order valence-corrected chi connectivity index (χ2v) is 6.34. The summed E-state index contributed by atoms with van der Waals surface area (Å²) >= 11 is 1.52. The number of thiophene rings is 1. The number of aryl methyl sites for hydroxylation is 2. The maximum Gasteiger partial charge on any atom is 0.339 e. The Balaban J connectivity index is 2.17. The van der Waals surface area contributed by atoms with Gasteiger partial charge in [0.1, 0.15) is 0 Å². The minimum Gasteiger partial charge on any atom is -0.449 e. The molecule has 0 aliphatic heterocycles. The predicted octanol–water partition coefficient (Wildman–Crippen LogP) is 2.04. The lowest BCUT2D eigenvalue weighted by atomic mass is 10.1. The molecule has 0 bridgehead atoms. The molecule has 7 nitrogen and oxygen atoms in total. The molecule has 1 atom stereocenters. The van der Waals surface area contributed by atoms with Gasteiger partial charge in [-0.1, -0.05) is 6.07 Å². The molecule has 0 fully saturated rings. The average Bonchev–Trinajstić information content (AvgIpc) is 3.15. The van der Waals surface area contributed by atoms with Gasteiger partial charge in [-0.3, -0.25) is 9.48 Å². The van der Waals surface area contributed by atoms with Crippen LogP contribution < -0.4 is 5.73 Å². The monoisotopic (exact) mass is 344 g/mol. The van der Waals surface area contributed by atoms with Gasteiger partial charge >= 0.3 is 5.97 Å². The number of hydrogen-bond acceptors (Lipinski definition) is 6. The van der Waals surface area contributed by atoms with Gasteiger partial charge in [0.25, 0.3) is 5.91 Å². The van der Waals surface area contributed by atoms with E-state index >= 15 is 0 Å². The van der Waals surface area contributed by atoms with Crippen LogP contribution in [0.15, 0.2) is 23.6 Å². The first-order valence-electron chi connectivity index (χ1n) is 7.27. The minimum atomic E-state index is -1.01. The van der Waals surface area contributed by atoms with Gasteiger partial charge in [-0.05, 0) is 31.4 Å². The molecule has 3 aromatic rings. The van der Waals surface area contributed by atoms with Gasteiger partial charge < -0.3 is 10.5 Å². The maximum absolute atomic E-state index is 12.6. The van der Waals surface area contributed by atoms with Crippen molar-refractivity contribution >= 4 is 34.2 Å². The van der Waals surface area contributed by atoms with Crippen LogP contribution in [0.4, 0.5) is 0 Å². The Hall–Kier alpha value is -2.74. The molecule has 3 aromatic heterocycles. The molecular weight excluding hydrogens is 328 g/mol. The molecule has 0 saturated heterocycles. The summed E-state index contributed by atoms with van der Waals surface area (Å²) in [6.45, 7) is 3.23. The Morgan fingerprint density at radius 3 is 2.79 bits per heavy atom. The number of ether oxygens (including phenoxy) is 1. The van der Waals surface area contributed by atoms with Crippen LogP contribution in [0.3, 0.4) is 0 Å². The van der Waals surface area contributed by atoms with Crippen LogP contribution in [0.2, 0.25) is 0 Å². The van der Waals surface area contributed by atoms with E-state index in [-0.39, 0.29) is 0 Å². The number of carbonyl (C=O) groups excluding carboxylic acids is 2. The summed E-state index contributed by atoms with van der Waals surface area (Å²) < 4.78 is 6.79. The lowest BCUT2D eigenvalue weighted by molar-refractivity contribution is -0.125. The van der Waals surface area contributed by atoms with Crippen LogP contribution in [0.5, 0.6) is 0 Å². The number of fused-ring (bicyclic) bond motifs is 1. The molecule has 0 radical (unpaired) electrons. The summed E-state index contributed by atoms with van der Waals surface area (Å²) in [6.07, 6.45) is -1.01.